The topological polar surface area (TPSA) is 74.3 Å². The summed E-state index contributed by atoms with van der Waals surface area (Å²) in [7, 11) is 0. The third-order valence-electron chi connectivity index (χ3n) is 8.15. The van der Waals surface area contributed by atoms with Crippen LogP contribution in [0.25, 0.3) is 77.9 Å². The molecule has 0 saturated heterocycles. The van der Waals surface area contributed by atoms with Gasteiger partial charge in [0.25, 0.3) is 0 Å². The van der Waals surface area contributed by atoms with Crippen LogP contribution < -0.4 is 0 Å². The maximum atomic E-state index is 5.17. The number of hydrogen-bond donors (Lipinski definition) is 0. The standard InChI is InChI=1S/C37H23N7/c1-3-15-31-26(11-1)28-23-40-35-27-12-2-4-16-32(27)44(34-18-6-14-30(42-34)25-10-8-20-39-22-25)37(35)36(28)43(31)33-17-5-13-29(41-33)24-9-7-19-38-21-24/h1-23H. The third kappa shape index (κ3) is 3.66. The zero-order chi connectivity index (χ0) is 29.0. The highest BCUT2D eigenvalue weighted by molar-refractivity contribution is 6.22. The van der Waals surface area contributed by atoms with Crippen molar-refractivity contribution in [2.75, 3.05) is 0 Å². The second kappa shape index (κ2) is 9.68. The highest BCUT2D eigenvalue weighted by Gasteiger charge is 2.23. The van der Waals surface area contributed by atoms with Gasteiger partial charge in [0.15, 0.2) is 0 Å². The van der Waals surface area contributed by atoms with E-state index in [1.807, 2.05) is 61.1 Å². The molecule has 0 amide bonds. The first-order valence-corrected chi connectivity index (χ1v) is 14.4. The molecule has 9 aromatic rings. The zero-order valence-corrected chi connectivity index (χ0v) is 23.4. The number of nitrogens with zero attached hydrogens (tertiary/aromatic N) is 7. The first-order chi connectivity index (χ1) is 21.8. The van der Waals surface area contributed by atoms with Gasteiger partial charge in [0.05, 0.1) is 39.0 Å². The normalized spacial score (nSPS) is 11.6. The predicted octanol–water partition coefficient (Wildman–Crippen LogP) is 8.19. The summed E-state index contributed by atoms with van der Waals surface area (Å²) in [6.45, 7) is 0. The summed E-state index contributed by atoms with van der Waals surface area (Å²) in [5.74, 6) is 1.62. The van der Waals surface area contributed by atoms with Gasteiger partial charge in [-0.3, -0.25) is 24.1 Å². The van der Waals surface area contributed by atoms with Crippen LogP contribution in [-0.4, -0.2) is 34.1 Å². The fraction of sp³-hybridized carbons (Fsp3) is 0. The van der Waals surface area contributed by atoms with Crippen LogP contribution in [0.1, 0.15) is 0 Å². The highest BCUT2D eigenvalue weighted by atomic mass is 15.1. The van der Waals surface area contributed by atoms with Gasteiger partial charge >= 0.3 is 0 Å². The number of fused-ring (bicyclic) bond motifs is 7. The number of aromatic nitrogens is 7. The average molecular weight is 566 g/mol. The van der Waals surface area contributed by atoms with Gasteiger partial charge in [-0.1, -0.05) is 48.5 Å². The Kier molecular flexibility index (Phi) is 5.36. The Morgan fingerprint density at radius 2 is 1.00 bits per heavy atom. The lowest BCUT2D eigenvalue weighted by atomic mass is 10.2. The summed E-state index contributed by atoms with van der Waals surface area (Å²) in [6.07, 6.45) is 9.24. The maximum absolute atomic E-state index is 5.17. The molecule has 0 bridgehead atoms. The number of pyridine rings is 5. The average Bonchev–Trinajstić information content (AvgIpc) is 3.62. The monoisotopic (exact) mass is 565 g/mol. The summed E-state index contributed by atoms with van der Waals surface area (Å²) in [4.78, 5) is 24.1. The van der Waals surface area contributed by atoms with E-state index in [0.29, 0.717) is 0 Å². The maximum Gasteiger partial charge on any atom is 0.138 e. The lowest BCUT2D eigenvalue weighted by Crippen LogP contribution is -2.03. The van der Waals surface area contributed by atoms with Crippen LogP contribution in [0.3, 0.4) is 0 Å². The molecule has 44 heavy (non-hydrogen) atoms. The molecule has 0 radical (unpaired) electrons. The molecule has 9 rings (SSSR count). The van der Waals surface area contributed by atoms with Crippen molar-refractivity contribution in [3.63, 3.8) is 0 Å². The molecule has 0 spiro atoms. The predicted molar refractivity (Wildman–Crippen MR) is 175 cm³/mol. The molecule has 0 aliphatic carbocycles. The second-order valence-corrected chi connectivity index (χ2v) is 10.7. The highest BCUT2D eigenvalue weighted by Crippen LogP contribution is 2.40. The van der Waals surface area contributed by atoms with E-state index < -0.39 is 0 Å². The van der Waals surface area contributed by atoms with Crippen molar-refractivity contribution in [1.82, 2.24) is 34.1 Å². The molecule has 7 heterocycles. The number of benzene rings is 2. The molecule has 0 saturated carbocycles. The Hall–Kier alpha value is -6.21. The molecule has 7 nitrogen and oxygen atoms in total. The molecule has 0 unspecified atom stereocenters. The van der Waals surface area contributed by atoms with Gasteiger partial charge in [-0.2, -0.15) is 0 Å². The largest absolute Gasteiger partial charge is 0.291 e. The molecule has 206 valence electrons. The van der Waals surface area contributed by atoms with E-state index in [1.165, 1.54) is 0 Å². The minimum Gasteiger partial charge on any atom is -0.291 e. The Balaban J connectivity index is 1.42. The van der Waals surface area contributed by atoms with E-state index in [2.05, 4.69) is 85.8 Å². The van der Waals surface area contributed by atoms with Crippen molar-refractivity contribution < 1.29 is 0 Å². The molecular formula is C37H23N7. The summed E-state index contributed by atoms with van der Waals surface area (Å²) >= 11 is 0. The van der Waals surface area contributed by atoms with Crippen molar-refractivity contribution in [3.8, 4) is 34.2 Å². The van der Waals surface area contributed by atoms with E-state index in [0.717, 1.165) is 77.9 Å². The van der Waals surface area contributed by atoms with E-state index in [4.69, 9.17) is 15.0 Å². The minimum atomic E-state index is 0.806. The fourth-order valence-electron chi connectivity index (χ4n) is 6.25. The Morgan fingerprint density at radius 3 is 1.61 bits per heavy atom. The minimum absolute atomic E-state index is 0.806. The van der Waals surface area contributed by atoms with E-state index in [1.54, 1.807) is 12.4 Å². The Morgan fingerprint density at radius 1 is 0.432 bits per heavy atom. The van der Waals surface area contributed by atoms with Crippen molar-refractivity contribution in [3.05, 3.63) is 140 Å². The van der Waals surface area contributed by atoms with Crippen LogP contribution in [0.15, 0.2) is 140 Å². The molecule has 0 atom stereocenters. The van der Waals surface area contributed by atoms with Gasteiger partial charge in [-0.15, -0.1) is 0 Å². The SMILES string of the molecule is c1cncc(-c2cccc(-n3c4ccccc4c4cnc5c6ccccc6n(-c6cccc(-c7cccnc7)n6)c5c43)n2)c1. The van der Waals surface area contributed by atoms with Crippen LogP contribution in [0.4, 0.5) is 0 Å². The van der Waals surface area contributed by atoms with Gasteiger partial charge in [-0.05, 0) is 60.7 Å². The third-order valence-corrected chi connectivity index (χ3v) is 8.15. The molecular weight excluding hydrogens is 542 g/mol. The number of hydrogen-bond acceptors (Lipinski definition) is 5. The van der Waals surface area contributed by atoms with E-state index in [-0.39, 0.29) is 0 Å². The van der Waals surface area contributed by atoms with Crippen LogP contribution in [0.5, 0.6) is 0 Å². The van der Waals surface area contributed by atoms with Gasteiger partial charge in [0.2, 0.25) is 0 Å². The Bertz CT molecular complexity index is 2320. The first kappa shape index (κ1) is 24.4. The quantitative estimate of drug-likeness (QED) is 0.215. The molecule has 0 aliphatic rings. The molecule has 0 N–H and O–H groups in total. The van der Waals surface area contributed by atoms with E-state index >= 15 is 0 Å². The van der Waals surface area contributed by atoms with Gasteiger partial charge in [-0.25, -0.2) is 9.97 Å². The summed E-state index contributed by atoms with van der Waals surface area (Å²) in [6, 6.07) is 37.0. The van der Waals surface area contributed by atoms with Crippen LogP contribution in [0.2, 0.25) is 0 Å². The molecule has 7 heteroatoms. The van der Waals surface area contributed by atoms with Crippen molar-refractivity contribution >= 4 is 43.7 Å². The summed E-state index contributed by atoms with van der Waals surface area (Å²) in [5.41, 5.74) is 8.65. The molecule has 2 aromatic carbocycles. The van der Waals surface area contributed by atoms with Crippen LogP contribution in [-0.2, 0) is 0 Å². The van der Waals surface area contributed by atoms with E-state index in [9.17, 15) is 0 Å². The Labute approximate surface area is 251 Å². The number of rotatable bonds is 4. The smallest absolute Gasteiger partial charge is 0.138 e. The van der Waals surface area contributed by atoms with Gasteiger partial charge in [0.1, 0.15) is 11.6 Å². The first-order valence-electron chi connectivity index (χ1n) is 14.4. The van der Waals surface area contributed by atoms with Crippen molar-refractivity contribution in [2.45, 2.75) is 0 Å². The second-order valence-electron chi connectivity index (χ2n) is 10.7. The lowest BCUT2D eigenvalue weighted by molar-refractivity contribution is 1.06. The lowest BCUT2D eigenvalue weighted by Gasteiger charge is -2.12. The van der Waals surface area contributed by atoms with Crippen LogP contribution in [0, 0.1) is 0 Å². The van der Waals surface area contributed by atoms with Crippen LogP contribution >= 0.6 is 0 Å². The fourth-order valence-corrected chi connectivity index (χ4v) is 6.25. The van der Waals surface area contributed by atoms with Gasteiger partial charge < -0.3 is 0 Å². The summed E-state index contributed by atoms with van der Waals surface area (Å²) < 4.78 is 4.50. The van der Waals surface area contributed by atoms with Crippen molar-refractivity contribution in [1.29, 1.82) is 0 Å². The van der Waals surface area contributed by atoms with Crippen molar-refractivity contribution in [2.24, 2.45) is 0 Å². The molecule has 0 aliphatic heterocycles. The zero-order valence-electron chi connectivity index (χ0n) is 23.4. The summed E-state index contributed by atoms with van der Waals surface area (Å²) in [5, 5.41) is 3.22. The molecule has 0 fully saturated rings. The number of para-hydroxylation sites is 2. The molecule has 7 aromatic heterocycles. The van der Waals surface area contributed by atoms with Gasteiger partial charge in [0, 0.05) is 58.3 Å².